The standard InChI is InChI=1S/C22H20N4O5/c1-3-30-19(27)13-31-17-8-4-14(5-9-17)20-24-21-18(22(28)25-20)12-23-26(21)15-6-10-16(29-2)11-7-15/h4-12H,3,13H2,1-2H3,(H,24,25,28). The van der Waals surface area contributed by atoms with Gasteiger partial charge in [-0.05, 0) is 55.5 Å². The van der Waals surface area contributed by atoms with Gasteiger partial charge >= 0.3 is 5.97 Å². The SMILES string of the molecule is CCOC(=O)COc1ccc(-c2nc3c(cnn3-c3ccc(OC)cc3)c(=O)[nH]2)cc1. The van der Waals surface area contributed by atoms with Crippen molar-refractivity contribution in [3.05, 3.63) is 65.1 Å². The van der Waals surface area contributed by atoms with E-state index in [2.05, 4.69) is 15.1 Å². The molecule has 0 amide bonds. The summed E-state index contributed by atoms with van der Waals surface area (Å²) in [5.74, 6) is 1.18. The number of esters is 1. The number of nitrogens with zero attached hydrogens (tertiary/aromatic N) is 3. The Bertz CT molecular complexity index is 1260. The fourth-order valence-electron chi connectivity index (χ4n) is 3.02. The molecule has 0 atom stereocenters. The van der Waals surface area contributed by atoms with Crippen molar-refractivity contribution in [2.24, 2.45) is 0 Å². The van der Waals surface area contributed by atoms with E-state index >= 15 is 0 Å². The zero-order chi connectivity index (χ0) is 21.8. The van der Waals surface area contributed by atoms with Crippen molar-refractivity contribution >= 4 is 17.0 Å². The van der Waals surface area contributed by atoms with Crippen molar-refractivity contribution < 1.29 is 19.0 Å². The second kappa shape index (κ2) is 8.70. The van der Waals surface area contributed by atoms with Crippen molar-refractivity contribution in [3.8, 4) is 28.6 Å². The lowest BCUT2D eigenvalue weighted by molar-refractivity contribution is -0.145. The minimum Gasteiger partial charge on any atom is -0.497 e. The van der Waals surface area contributed by atoms with E-state index < -0.39 is 5.97 Å². The second-order valence-corrected chi connectivity index (χ2v) is 6.52. The van der Waals surface area contributed by atoms with E-state index in [0.717, 1.165) is 11.4 Å². The Morgan fingerprint density at radius 2 is 1.77 bits per heavy atom. The average molecular weight is 420 g/mol. The molecule has 2 aromatic heterocycles. The minimum atomic E-state index is -0.435. The fraction of sp³-hybridized carbons (Fsp3) is 0.182. The van der Waals surface area contributed by atoms with Crippen LogP contribution in [-0.2, 0) is 9.53 Å². The molecule has 0 aliphatic heterocycles. The Morgan fingerprint density at radius 1 is 1.06 bits per heavy atom. The Balaban J connectivity index is 1.63. The molecule has 4 aromatic rings. The number of H-pyrrole nitrogens is 1. The second-order valence-electron chi connectivity index (χ2n) is 6.52. The molecular formula is C22H20N4O5. The minimum absolute atomic E-state index is 0.171. The van der Waals surface area contributed by atoms with Crippen LogP contribution in [0, 0.1) is 0 Å². The number of aromatic amines is 1. The molecule has 1 N–H and O–H groups in total. The van der Waals surface area contributed by atoms with Gasteiger partial charge in [0.15, 0.2) is 12.3 Å². The van der Waals surface area contributed by atoms with Gasteiger partial charge in [-0.2, -0.15) is 5.10 Å². The van der Waals surface area contributed by atoms with Crippen LogP contribution in [0.5, 0.6) is 11.5 Å². The lowest BCUT2D eigenvalue weighted by atomic mass is 10.2. The lowest BCUT2D eigenvalue weighted by Crippen LogP contribution is -2.14. The molecule has 0 radical (unpaired) electrons. The van der Waals surface area contributed by atoms with Crippen LogP contribution in [0.3, 0.4) is 0 Å². The number of rotatable bonds is 7. The van der Waals surface area contributed by atoms with Crippen LogP contribution in [0.2, 0.25) is 0 Å². The van der Waals surface area contributed by atoms with Gasteiger partial charge in [0, 0.05) is 5.56 Å². The first-order chi connectivity index (χ1) is 15.1. The van der Waals surface area contributed by atoms with Crippen LogP contribution >= 0.6 is 0 Å². The van der Waals surface area contributed by atoms with Crippen LogP contribution in [0.25, 0.3) is 28.1 Å². The van der Waals surface area contributed by atoms with Crippen molar-refractivity contribution in [3.63, 3.8) is 0 Å². The van der Waals surface area contributed by atoms with Gasteiger partial charge in [0.05, 0.1) is 25.6 Å². The van der Waals surface area contributed by atoms with Gasteiger partial charge < -0.3 is 19.2 Å². The van der Waals surface area contributed by atoms with E-state index in [9.17, 15) is 9.59 Å². The molecule has 0 saturated heterocycles. The third-order valence-electron chi connectivity index (χ3n) is 4.54. The molecule has 0 spiro atoms. The Labute approximate surface area is 177 Å². The number of ether oxygens (including phenoxy) is 3. The first-order valence-electron chi connectivity index (χ1n) is 9.60. The van der Waals surface area contributed by atoms with Gasteiger partial charge in [0.1, 0.15) is 22.7 Å². The molecule has 2 aromatic carbocycles. The number of benzene rings is 2. The first kappa shape index (κ1) is 20.1. The maximum atomic E-state index is 12.6. The van der Waals surface area contributed by atoms with E-state index in [4.69, 9.17) is 14.2 Å². The summed E-state index contributed by atoms with van der Waals surface area (Å²) in [5.41, 5.74) is 1.58. The van der Waals surface area contributed by atoms with Gasteiger partial charge in [0.25, 0.3) is 5.56 Å². The summed E-state index contributed by atoms with van der Waals surface area (Å²) in [6, 6.07) is 14.2. The summed E-state index contributed by atoms with van der Waals surface area (Å²) in [5, 5.41) is 4.70. The number of hydrogen-bond donors (Lipinski definition) is 1. The Morgan fingerprint density at radius 3 is 2.45 bits per heavy atom. The number of fused-ring (bicyclic) bond motifs is 1. The van der Waals surface area contributed by atoms with Gasteiger partial charge in [-0.15, -0.1) is 0 Å². The third kappa shape index (κ3) is 4.25. The molecule has 9 heteroatoms. The number of nitrogens with one attached hydrogen (secondary N) is 1. The maximum Gasteiger partial charge on any atom is 0.344 e. The summed E-state index contributed by atoms with van der Waals surface area (Å²) < 4.78 is 17.0. The molecule has 0 fully saturated rings. The first-order valence-corrected chi connectivity index (χ1v) is 9.60. The topological polar surface area (TPSA) is 108 Å². The van der Waals surface area contributed by atoms with E-state index in [1.165, 1.54) is 6.20 Å². The summed E-state index contributed by atoms with van der Waals surface area (Å²) >= 11 is 0. The van der Waals surface area contributed by atoms with Crippen LogP contribution in [-0.4, -0.2) is 46.0 Å². The molecular weight excluding hydrogens is 400 g/mol. The quantitative estimate of drug-likeness (QED) is 0.458. The highest BCUT2D eigenvalue weighted by Crippen LogP contribution is 2.22. The zero-order valence-corrected chi connectivity index (χ0v) is 17.0. The van der Waals surface area contributed by atoms with E-state index in [0.29, 0.717) is 34.8 Å². The summed E-state index contributed by atoms with van der Waals surface area (Å²) in [7, 11) is 1.60. The van der Waals surface area contributed by atoms with E-state index in [1.54, 1.807) is 43.0 Å². The number of aromatic nitrogens is 4. The predicted molar refractivity (Wildman–Crippen MR) is 114 cm³/mol. The van der Waals surface area contributed by atoms with Gasteiger partial charge in [0.2, 0.25) is 0 Å². The van der Waals surface area contributed by atoms with Gasteiger partial charge in [-0.3, -0.25) is 4.79 Å². The summed E-state index contributed by atoms with van der Waals surface area (Å²) in [6.07, 6.45) is 1.49. The van der Waals surface area contributed by atoms with Crippen molar-refractivity contribution in [2.45, 2.75) is 6.92 Å². The van der Waals surface area contributed by atoms with E-state index in [-0.39, 0.29) is 12.2 Å². The highest BCUT2D eigenvalue weighted by atomic mass is 16.6. The van der Waals surface area contributed by atoms with Gasteiger partial charge in [-0.25, -0.2) is 14.5 Å². The fourth-order valence-corrected chi connectivity index (χ4v) is 3.02. The van der Waals surface area contributed by atoms with Crippen molar-refractivity contribution in [1.82, 2.24) is 19.7 Å². The Hall–Kier alpha value is -4.14. The average Bonchev–Trinajstić information content (AvgIpc) is 3.23. The molecule has 0 bridgehead atoms. The summed E-state index contributed by atoms with van der Waals surface area (Å²) in [4.78, 5) is 31.4. The largest absolute Gasteiger partial charge is 0.497 e. The molecule has 0 aliphatic rings. The number of methoxy groups -OCH3 is 1. The normalized spacial score (nSPS) is 10.8. The maximum absolute atomic E-state index is 12.6. The van der Waals surface area contributed by atoms with Crippen molar-refractivity contribution in [2.75, 3.05) is 20.3 Å². The van der Waals surface area contributed by atoms with E-state index in [1.807, 2.05) is 24.3 Å². The molecule has 0 aliphatic carbocycles. The summed E-state index contributed by atoms with van der Waals surface area (Å²) in [6.45, 7) is 1.86. The molecule has 158 valence electrons. The van der Waals surface area contributed by atoms with Crippen LogP contribution in [0.4, 0.5) is 0 Å². The highest BCUT2D eigenvalue weighted by molar-refractivity contribution is 5.77. The molecule has 2 heterocycles. The predicted octanol–water partition coefficient (Wildman–Crippen LogP) is 2.73. The van der Waals surface area contributed by atoms with Crippen LogP contribution in [0.1, 0.15) is 6.92 Å². The monoisotopic (exact) mass is 420 g/mol. The number of carbonyl (C=O) groups is 1. The Kier molecular flexibility index (Phi) is 5.65. The molecule has 0 saturated carbocycles. The lowest BCUT2D eigenvalue weighted by Gasteiger charge is -2.08. The van der Waals surface area contributed by atoms with Crippen LogP contribution < -0.4 is 15.0 Å². The van der Waals surface area contributed by atoms with Crippen molar-refractivity contribution in [1.29, 1.82) is 0 Å². The van der Waals surface area contributed by atoms with Gasteiger partial charge in [-0.1, -0.05) is 0 Å². The molecule has 0 unspecified atom stereocenters. The number of hydrogen-bond acceptors (Lipinski definition) is 7. The molecule has 9 nitrogen and oxygen atoms in total. The number of carbonyl (C=O) groups excluding carboxylic acids is 1. The molecule has 4 rings (SSSR count). The molecule has 31 heavy (non-hydrogen) atoms. The third-order valence-corrected chi connectivity index (χ3v) is 4.54. The highest BCUT2D eigenvalue weighted by Gasteiger charge is 2.13. The smallest absolute Gasteiger partial charge is 0.344 e. The zero-order valence-electron chi connectivity index (χ0n) is 17.0. The van der Waals surface area contributed by atoms with Crippen LogP contribution in [0.15, 0.2) is 59.5 Å².